The van der Waals surface area contributed by atoms with Crippen molar-refractivity contribution in [1.82, 2.24) is 0 Å². The van der Waals surface area contributed by atoms with Gasteiger partial charge in [-0.2, -0.15) is 0 Å². The van der Waals surface area contributed by atoms with E-state index in [1.165, 1.54) is 0 Å². The molecule has 132 valence electrons. The Balaban J connectivity index is 1.68. The number of hydrogen-bond acceptors (Lipinski definition) is 4. The molecule has 0 aromatic heterocycles. The lowest BCUT2D eigenvalue weighted by molar-refractivity contribution is -0.147. The minimum Gasteiger partial charge on any atom is -0.493 e. The van der Waals surface area contributed by atoms with E-state index in [-0.39, 0.29) is 25.5 Å². The summed E-state index contributed by atoms with van der Waals surface area (Å²) in [4.78, 5) is 23.5. The predicted octanol–water partition coefficient (Wildman–Crippen LogP) is 3.56. The van der Waals surface area contributed by atoms with E-state index in [2.05, 4.69) is 5.32 Å². The van der Waals surface area contributed by atoms with Crippen LogP contribution in [0.25, 0.3) is 0 Å². The fourth-order valence-corrected chi connectivity index (χ4v) is 2.25. The van der Waals surface area contributed by atoms with Gasteiger partial charge in [-0.15, -0.1) is 0 Å². The second-order valence-corrected chi connectivity index (χ2v) is 5.94. The molecule has 0 fully saturated rings. The van der Waals surface area contributed by atoms with Crippen molar-refractivity contribution in [2.45, 2.75) is 27.2 Å². The summed E-state index contributed by atoms with van der Waals surface area (Å²) in [6.07, 6.45) is 0.0880. The number of amides is 1. The molecule has 5 heteroatoms. The van der Waals surface area contributed by atoms with Crippen molar-refractivity contribution in [3.05, 3.63) is 59.2 Å². The number of aryl methyl sites for hydroxylation is 3. The molecule has 0 bridgehead atoms. The molecule has 0 saturated heterocycles. The largest absolute Gasteiger partial charge is 0.493 e. The summed E-state index contributed by atoms with van der Waals surface area (Å²) < 4.78 is 10.4. The molecule has 0 radical (unpaired) electrons. The van der Waals surface area contributed by atoms with E-state index in [1.54, 1.807) is 0 Å². The third kappa shape index (κ3) is 6.30. The van der Waals surface area contributed by atoms with Crippen LogP contribution in [0.4, 0.5) is 5.69 Å². The van der Waals surface area contributed by atoms with Crippen LogP contribution in [0.1, 0.15) is 23.1 Å². The first-order valence-electron chi connectivity index (χ1n) is 8.16. The Morgan fingerprint density at radius 1 is 0.960 bits per heavy atom. The first kappa shape index (κ1) is 18.5. The third-order valence-corrected chi connectivity index (χ3v) is 3.62. The smallest absolute Gasteiger partial charge is 0.309 e. The normalized spacial score (nSPS) is 10.2. The lowest BCUT2D eigenvalue weighted by atomic mass is 10.1. The molecule has 0 spiro atoms. The number of rotatable bonds is 7. The van der Waals surface area contributed by atoms with Crippen LogP contribution < -0.4 is 10.1 Å². The van der Waals surface area contributed by atoms with E-state index in [0.29, 0.717) is 11.4 Å². The number of nitrogens with one attached hydrogen (secondary N) is 1. The van der Waals surface area contributed by atoms with Crippen LogP contribution in [0.3, 0.4) is 0 Å². The molecule has 0 unspecified atom stereocenters. The molecule has 1 N–H and O–H groups in total. The lowest BCUT2D eigenvalue weighted by Gasteiger charge is -2.10. The second kappa shape index (κ2) is 8.87. The van der Waals surface area contributed by atoms with Crippen molar-refractivity contribution < 1.29 is 19.1 Å². The van der Waals surface area contributed by atoms with Crippen molar-refractivity contribution in [2.24, 2.45) is 0 Å². The van der Waals surface area contributed by atoms with Gasteiger partial charge < -0.3 is 14.8 Å². The maximum Gasteiger partial charge on any atom is 0.309 e. The molecule has 0 aliphatic carbocycles. The first-order valence-corrected chi connectivity index (χ1v) is 8.16. The molecule has 5 nitrogen and oxygen atoms in total. The summed E-state index contributed by atoms with van der Waals surface area (Å²) in [5, 5.41) is 2.73. The van der Waals surface area contributed by atoms with Gasteiger partial charge in [0.1, 0.15) is 5.75 Å². The molecule has 0 aliphatic heterocycles. The van der Waals surface area contributed by atoms with Gasteiger partial charge in [-0.1, -0.05) is 35.4 Å². The van der Waals surface area contributed by atoms with Gasteiger partial charge in [0.15, 0.2) is 6.61 Å². The monoisotopic (exact) mass is 341 g/mol. The van der Waals surface area contributed by atoms with Gasteiger partial charge in [0, 0.05) is 5.69 Å². The molecule has 25 heavy (non-hydrogen) atoms. The fourth-order valence-electron chi connectivity index (χ4n) is 2.25. The molecule has 2 rings (SSSR count). The Morgan fingerprint density at radius 3 is 2.32 bits per heavy atom. The van der Waals surface area contributed by atoms with Crippen molar-refractivity contribution >= 4 is 17.6 Å². The molecule has 2 aromatic carbocycles. The molecule has 2 aromatic rings. The minimum absolute atomic E-state index is 0.0880. The summed E-state index contributed by atoms with van der Waals surface area (Å²) in [6, 6.07) is 13.3. The van der Waals surface area contributed by atoms with E-state index in [4.69, 9.17) is 9.47 Å². The molecule has 1 amide bonds. The maximum absolute atomic E-state index is 11.9. The highest BCUT2D eigenvalue weighted by molar-refractivity contribution is 5.93. The van der Waals surface area contributed by atoms with Crippen molar-refractivity contribution in [2.75, 3.05) is 18.5 Å². The molecule has 0 aliphatic rings. The predicted molar refractivity (Wildman–Crippen MR) is 96.8 cm³/mol. The number of carbonyl (C=O) groups excluding carboxylic acids is 2. The highest BCUT2D eigenvalue weighted by Gasteiger charge is 2.09. The SMILES string of the molecule is Cc1ccc(OCCC(=O)OCC(=O)Nc2ccc(C)cc2C)cc1. The average Bonchev–Trinajstić information content (AvgIpc) is 2.57. The summed E-state index contributed by atoms with van der Waals surface area (Å²) in [7, 11) is 0. The zero-order valence-electron chi connectivity index (χ0n) is 14.8. The third-order valence-electron chi connectivity index (χ3n) is 3.62. The van der Waals surface area contributed by atoms with Crippen LogP contribution in [0.5, 0.6) is 5.75 Å². The number of benzene rings is 2. The molecular formula is C20H23NO4. The van der Waals surface area contributed by atoms with Gasteiger partial charge in [-0.05, 0) is 44.5 Å². The summed E-state index contributed by atoms with van der Waals surface area (Å²) in [6.45, 7) is 5.79. The Kier molecular flexibility index (Phi) is 6.57. The van der Waals surface area contributed by atoms with Crippen molar-refractivity contribution in [3.8, 4) is 5.75 Å². The lowest BCUT2D eigenvalue weighted by Crippen LogP contribution is -2.22. The maximum atomic E-state index is 11.9. The van der Waals surface area contributed by atoms with Crippen LogP contribution in [0.2, 0.25) is 0 Å². The van der Waals surface area contributed by atoms with Gasteiger partial charge in [-0.25, -0.2) is 0 Å². The molecule has 0 saturated carbocycles. The van der Waals surface area contributed by atoms with Crippen molar-refractivity contribution in [1.29, 1.82) is 0 Å². The second-order valence-electron chi connectivity index (χ2n) is 5.94. The van der Waals surface area contributed by atoms with E-state index < -0.39 is 5.97 Å². The van der Waals surface area contributed by atoms with E-state index in [1.807, 2.05) is 63.2 Å². The van der Waals surface area contributed by atoms with Crippen LogP contribution in [0, 0.1) is 20.8 Å². The van der Waals surface area contributed by atoms with Gasteiger partial charge in [0.25, 0.3) is 5.91 Å². The van der Waals surface area contributed by atoms with Gasteiger partial charge in [0.05, 0.1) is 13.0 Å². The zero-order chi connectivity index (χ0) is 18.2. The van der Waals surface area contributed by atoms with Crippen LogP contribution in [-0.2, 0) is 14.3 Å². The number of ether oxygens (including phenoxy) is 2. The quantitative estimate of drug-likeness (QED) is 0.782. The Bertz CT molecular complexity index is 738. The van der Waals surface area contributed by atoms with Crippen LogP contribution in [-0.4, -0.2) is 25.1 Å². The summed E-state index contributed by atoms with van der Waals surface area (Å²) in [5.41, 5.74) is 3.94. The Labute approximate surface area is 148 Å². The highest BCUT2D eigenvalue weighted by Crippen LogP contribution is 2.16. The van der Waals surface area contributed by atoms with E-state index >= 15 is 0 Å². The van der Waals surface area contributed by atoms with Crippen molar-refractivity contribution in [3.63, 3.8) is 0 Å². The number of esters is 1. The fraction of sp³-hybridized carbons (Fsp3) is 0.300. The van der Waals surface area contributed by atoms with E-state index in [0.717, 1.165) is 16.7 Å². The minimum atomic E-state index is -0.470. The Hall–Kier alpha value is -2.82. The molecule has 0 atom stereocenters. The van der Waals surface area contributed by atoms with Gasteiger partial charge >= 0.3 is 5.97 Å². The number of carbonyl (C=O) groups is 2. The topological polar surface area (TPSA) is 64.6 Å². The van der Waals surface area contributed by atoms with Crippen LogP contribution in [0.15, 0.2) is 42.5 Å². The van der Waals surface area contributed by atoms with Gasteiger partial charge in [-0.3, -0.25) is 9.59 Å². The first-order chi connectivity index (χ1) is 11.9. The average molecular weight is 341 g/mol. The Morgan fingerprint density at radius 2 is 1.64 bits per heavy atom. The zero-order valence-corrected chi connectivity index (χ0v) is 14.8. The van der Waals surface area contributed by atoms with E-state index in [9.17, 15) is 9.59 Å². The van der Waals surface area contributed by atoms with Gasteiger partial charge in [0.2, 0.25) is 0 Å². The standard InChI is InChI=1S/C20H23NO4/c1-14-4-7-17(8-5-14)24-11-10-20(23)25-13-19(22)21-18-9-6-15(2)12-16(18)3/h4-9,12H,10-11,13H2,1-3H3,(H,21,22). The highest BCUT2D eigenvalue weighted by atomic mass is 16.5. The molecule has 0 heterocycles. The number of anilines is 1. The summed E-state index contributed by atoms with van der Waals surface area (Å²) >= 11 is 0. The summed E-state index contributed by atoms with van der Waals surface area (Å²) in [5.74, 6) is -0.131. The van der Waals surface area contributed by atoms with Crippen LogP contribution >= 0.6 is 0 Å². The number of hydrogen-bond donors (Lipinski definition) is 1. The molecular weight excluding hydrogens is 318 g/mol.